The molecule has 292 valence electrons. The molecule has 0 N–H and O–H groups in total. The van der Waals surface area contributed by atoms with Gasteiger partial charge < -0.3 is 28.1 Å². The van der Waals surface area contributed by atoms with Gasteiger partial charge in [-0.2, -0.15) is 0 Å². The van der Waals surface area contributed by atoms with Gasteiger partial charge >= 0.3 is 11.9 Å². The number of rotatable bonds is 12. The molecule has 0 radical (unpaired) electrons. The largest absolute Gasteiger partial charge is 0.488 e. The Kier molecular flexibility index (Phi) is 12.2. The topological polar surface area (TPSA) is 80.9 Å². The van der Waals surface area contributed by atoms with Crippen LogP contribution in [-0.4, -0.2) is 35.3 Å². The van der Waals surface area contributed by atoms with Gasteiger partial charge in [0.25, 0.3) is 0 Å². The summed E-state index contributed by atoms with van der Waals surface area (Å²) in [5.41, 5.74) is 5.79. The van der Waals surface area contributed by atoms with Crippen LogP contribution in [0.3, 0.4) is 0 Å². The average molecular weight is 779 g/mol. The van der Waals surface area contributed by atoms with Crippen molar-refractivity contribution in [2.24, 2.45) is 0 Å². The predicted molar refractivity (Wildman–Crippen MR) is 219 cm³/mol. The number of aromatic nitrogens is 2. The summed E-state index contributed by atoms with van der Waals surface area (Å²) < 4.78 is 54.1. The lowest BCUT2D eigenvalue weighted by molar-refractivity contribution is 0.0581. The quantitative estimate of drug-likeness (QED) is 0.115. The van der Waals surface area contributed by atoms with Crippen molar-refractivity contribution >= 4 is 33.7 Å². The normalized spacial score (nSPS) is 10.8. The van der Waals surface area contributed by atoms with E-state index in [2.05, 4.69) is 0 Å². The molecule has 0 amide bonds. The first-order valence-electron chi connectivity index (χ1n) is 18.5. The first-order chi connectivity index (χ1) is 28.3. The predicted octanol–water partition coefficient (Wildman–Crippen LogP) is 10.4. The fourth-order valence-electron chi connectivity index (χ4n) is 6.71. The Morgan fingerprint density at radius 3 is 1.12 bits per heavy atom. The highest BCUT2D eigenvalue weighted by atomic mass is 19.1. The van der Waals surface area contributed by atoms with Gasteiger partial charge in [0.2, 0.25) is 0 Å². The number of hydrogen-bond donors (Lipinski definition) is 0. The molecule has 58 heavy (non-hydrogen) atoms. The van der Waals surface area contributed by atoms with Crippen LogP contribution in [0.25, 0.3) is 21.8 Å². The monoisotopic (exact) mass is 778 g/mol. The Morgan fingerprint density at radius 2 is 0.793 bits per heavy atom. The maximum absolute atomic E-state index is 14.4. The number of carbonyl (C=O) groups is 2. The number of methoxy groups -OCH3 is 2. The molecule has 8 nitrogen and oxygen atoms in total. The molecule has 0 saturated carbocycles. The van der Waals surface area contributed by atoms with Gasteiger partial charge in [-0.3, -0.25) is 0 Å². The molecule has 10 heteroatoms. The van der Waals surface area contributed by atoms with Crippen LogP contribution >= 0.6 is 0 Å². The number of carbonyl (C=O) groups excluding carboxylic acids is 2. The van der Waals surface area contributed by atoms with Gasteiger partial charge in [0.1, 0.15) is 47.7 Å². The van der Waals surface area contributed by atoms with E-state index < -0.39 is 23.6 Å². The SMILES string of the molecule is COC(=O)c1cc2c(OCc3ccccc3)cc(F)cc2n1Cc1ccccc1.COC(=O)c1cc2c(OCc3ccccc3)cc(F)cc2n1Cc1ccccc1. The molecule has 6 aromatic carbocycles. The number of nitrogens with zero attached hydrogens (tertiary/aromatic N) is 2. The molecule has 0 aliphatic heterocycles. The second-order valence-electron chi connectivity index (χ2n) is 13.4. The van der Waals surface area contributed by atoms with Gasteiger partial charge in [-0.15, -0.1) is 0 Å². The zero-order valence-corrected chi connectivity index (χ0v) is 31.9. The summed E-state index contributed by atoms with van der Waals surface area (Å²) in [4.78, 5) is 24.8. The standard InChI is InChI=1S/2C24H20FNO3/c2*1-28-24(27)22-14-20-21(26(22)15-17-8-4-2-5-9-17)12-19(25)13-23(20)29-16-18-10-6-3-7-11-18/h2*2-14H,15-16H2,1H3. The maximum atomic E-state index is 14.4. The third-order valence-corrected chi connectivity index (χ3v) is 9.53. The summed E-state index contributed by atoms with van der Waals surface area (Å²) in [5, 5.41) is 1.33. The third-order valence-electron chi connectivity index (χ3n) is 9.53. The van der Waals surface area contributed by atoms with Crippen LogP contribution in [0.5, 0.6) is 11.5 Å². The van der Waals surface area contributed by atoms with E-state index in [1.807, 2.05) is 121 Å². The highest BCUT2D eigenvalue weighted by Gasteiger charge is 2.22. The number of benzene rings is 6. The molecule has 0 aliphatic rings. The van der Waals surface area contributed by atoms with E-state index in [1.165, 1.54) is 38.5 Å². The summed E-state index contributed by atoms with van der Waals surface area (Å²) in [6.07, 6.45) is 0. The number of esters is 2. The summed E-state index contributed by atoms with van der Waals surface area (Å²) in [5.74, 6) is -1.03. The van der Waals surface area contributed by atoms with Crippen molar-refractivity contribution in [2.45, 2.75) is 26.3 Å². The molecule has 0 spiro atoms. The van der Waals surface area contributed by atoms with Crippen molar-refractivity contribution in [3.63, 3.8) is 0 Å². The Bertz CT molecular complexity index is 2460. The molecule has 2 heterocycles. The van der Waals surface area contributed by atoms with Crippen molar-refractivity contribution in [1.29, 1.82) is 0 Å². The molecule has 0 atom stereocenters. The molecule has 8 rings (SSSR count). The van der Waals surface area contributed by atoms with E-state index >= 15 is 0 Å². The number of hydrogen-bond acceptors (Lipinski definition) is 6. The van der Waals surface area contributed by atoms with Gasteiger partial charge in [0.05, 0.1) is 25.3 Å². The molecule has 0 fully saturated rings. The highest BCUT2D eigenvalue weighted by molar-refractivity contribution is 5.99. The van der Waals surface area contributed by atoms with Crippen LogP contribution in [-0.2, 0) is 35.8 Å². The van der Waals surface area contributed by atoms with Gasteiger partial charge in [0, 0.05) is 36.0 Å². The first-order valence-corrected chi connectivity index (χ1v) is 18.5. The fourth-order valence-corrected chi connectivity index (χ4v) is 6.71. The van der Waals surface area contributed by atoms with Crippen LogP contribution < -0.4 is 9.47 Å². The van der Waals surface area contributed by atoms with Crippen molar-refractivity contribution in [3.05, 3.63) is 203 Å². The first kappa shape index (κ1) is 39.1. The lowest BCUT2D eigenvalue weighted by atomic mass is 10.2. The molecule has 0 unspecified atom stereocenters. The third kappa shape index (κ3) is 9.08. The number of fused-ring (bicyclic) bond motifs is 2. The average Bonchev–Trinajstić information content (AvgIpc) is 3.80. The Morgan fingerprint density at radius 1 is 0.466 bits per heavy atom. The molecule has 0 aliphatic carbocycles. The minimum Gasteiger partial charge on any atom is -0.488 e. The van der Waals surface area contributed by atoms with E-state index in [0.717, 1.165) is 22.3 Å². The summed E-state index contributed by atoms with van der Waals surface area (Å²) in [6, 6.07) is 47.6. The summed E-state index contributed by atoms with van der Waals surface area (Å²) in [6.45, 7) is 1.43. The lowest BCUT2D eigenvalue weighted by Gasteiger charge is -2.11. The van der Waals surface area contributed by atoms with Crippen molar-refractivity contribution < 1.29 is 37.3 Å². The Labute approximate surface area is 334 Å². The molecule has 2 aromatic heterocycles. The van der Waals surface area contributed by atoms with E-state index in [4.69, 9.17) is 18.9 Å². The van der Waals surface area contributed by atoms with Crippen LogP contribution in [0.4, 0.5) is 8.78 Å². The van der Waals surface area contributed by atoms with Crippen molar-refractivity contribution in [1.82, 2.24) is 9.13 Å². The van der Waals surface area contributed by atoms with Gasteiger partial charge in [-0.1, -0.05) is 121 Å². The van der Waals surface area contributed by atoms with Crippen LogP contribution in [0.2, 0.25) is 0 Å². The molecule has 0 saturated heterocycles. The van der Waals surface area contributed by atoms with Crippen LogP contribution in [0.1, 0.15) is 43.2 Å². The summed E-state index contributed by atoms with van der Waals surface area (Å²) >= 11 is 0. The zero-order chi connectivity index (χ0) is 40.4. The molecule has 8 aromatic rings. The number of ether oxygens (including phenoxy) is 4. The van der Waals surface area contributed by atoms with Crippen molar-refractivity contribution in [3.8, 4) is 11.5 Å². The van der Waals surface area contributed by atoms with Gasteiger partial charge in [0.15, 0.2) is 0 Å². The van der Waals surface area contributed by atoms with E-state index in [1.54, 1.807) is 21.3 Å². The van der Waals surface area contributed by atoms with E-state index in [9.17, 15) is 18.4 Å². The zero-order valence-electron chi connectivity index (χ0n) is 31.9. The second kappa shape index (κ2) is 18.2. The van der Waals surface area contributed by atoms with Gasteiger partial charge in [-0.25, -0.2) is 18.4 Å². The molecule has 0 bridgehead atoms. The van der Waals surface area contributed by atoms with E-state index in [0.29, 0.717) is 71.0 Å². The number of halogens is 2. The molecular weight excluding hydrogens is 739 g/mol. The smallest absolute Gasteiger partial charge is 0.354 e. The lowest BCUT2D eigenvalue weighted by Crippen LogP contribution is -2.11. The highest BCUT2D eigenvalue weighted by Crippen LogP contribution is 2.34. The van der Waals surface area contributed by atoms with Crippen LogP contribution in [0.15, 0.2) is 158 Å². The van der Waals surface area contributed by atoms with Crippen molar-refractivity contribution in [2.75, 3.05) is 14.2 Å². The second-order valence-corrected chi connectivity index (χ2v) is 13.4. The van der Waals surface area contributed by atoms with Crippen LogP contribution in [0, 0.1) is 11.6 Å². The maximum Gasteiger partial charge on any atom is 0.354 e. The summed E-state index contributed by atoms with van der Waals surface area (Å²) in [7, 11) is 2.67. The minimum atomic E-state index is -0.480. The molecular formula is C48H40F2N2O6. The minimum absolute atomic E-state index is 0.302. The Balaban J connectivity index is 0.000000177. The van der Waals surface area contributed by atoms with E-state index in [-0.39, 0.29) is 0 Å². The van der Waals surface area contributed by atoms with Gasteiger partial charge in [-0.05, 0) is 46.5 Å². The Hall–Kier alpha value is -7.20. The fraction of sp³-hybridized carbons (Fsp3) is 0.125.